The lowest BCUT2D eigenvalue weighted by Crippen LogP contribution is -2.51. The zero-order chi connectivity index (χ0) is 17.6. The summed E-state index contributed by atoms with van der Waals surface area (Å²) in [5.74, 6) is 1.56. The van der Waals surface area contributed by atoms with E-state index in [1.54, 1.807) is 0 Å². The molecule has 0 bridgehead atoms. The Morgan fingerprint density at radius 1 is 1.33 bits per heavy atom. The van der Waals surface area contributed by atoms with Crippen LogP contribution in [0.1, 0.15) is 47.5 Å². The molecule has 0 aromatic rings. The molecule has 2 heterocycles. The highest BCUT2D eigenvalue weighted by Crippen LogP contribution is 2.53. The van der Waals surface area contributed by atoms with Crippen LogP contribution in [0.15, 0.2) is 29.3 Å². The van der Waals surface area contributed by atoms with E-state index in [1.807, 2.05) is 11.8 Å². The van der Waals surface area contributed by atoms with Gasteiger partial charge in [-0.3, -0.25) is 9.79 Å². The van der Waals surface area contributed by atoms with Crippen molar-refractivity contribution < 1.29 is 4.79 Å². The van der Waals surface area contributed by atoms with E-state index in [2.05, 4.69) is 64.2 Å². The first kappa shape index (κ1) is 17.8. The molecule has 0 saturated carbocycles. The van der Waals surface area contributed by atoms with Crippen LogP contribution in [-0.4, -0.2) is 34.2 Å². The summed E-state index contributed by atoms with van der Waals surface area (Å²) in [5.41, 5.74) is 1.18. The van der Waals surface area contributed by atoms with E-state index in [-0.39, 0.29) is 27.5 Å². The summed E-state index contributed by atoms with van der Waals surface area (Å²) in [4.78, 5) is 17.8. The van der Waals surface area contributed by atoms with Crippen LogP contribution in [0, 0.1) is 17.3 Å². The molecular formula is C20H30N2OS. The first-order chi connectivity index (χ1) is 11.1. The average molecular weight is 347 g/mol. The SMILES string of the molecule is CC(C)(C)CC(C)(C)NC(=O)C1CSC23C=CC=CC2=NCCC13. The second-order valence-electron chi connectivity index (χ2n) is 9.20. The third kappa shape index (κ3) is 3.35. The molecule has 4 heteroatoms. The lowest BCUT2D eigenvalue weighted by atomic mass is 9.73. The van der Waals surface area contributed by atoms with Crippen molar-refractivity contribution in [3.05, 3.63) is 24.3 Å². The van der Waals surface area contributed by atoms with Gasteiger partial charge in [0.15, 0.2) is 0 Å². The fraction of sp³-hybridized carbons (Fsp3) is 0.700. The molecule has 0 radical (unpaired) electrons. The number of hydrogen-bond donors (Lipinski definition) is 1. The van der Waals surface area contributed by atoms with E-state index in [1.165, 1.54) is 0 Å². The highest BCUT2D eigenvalue weighted by molar-refractivity contribution is 8.02. The molecule has 1 N–H and O–H groups in total. The second kappa shape index (κ2) is 6.05. The molecule has 3 atom stereocenters. The van der Waals surface area contributed by atoms with Gasteiger partial charge in [-0.15, -0.1) is 11.8 Å². The normalized spacial score (nSPS) is 32.1. The van der Waals surface area contributed by atoms with Crippen molar-refractivity contribution in [2.45, 2.75) is 57.7 Å². The van der Waals surface area contributed by atoms with Crippen molar-refractivity contribution in [1.82, 2.24) is 5.32 Å². The van der Waals surface area contributed by atoms with Gasteiger partial charge in [-0.05, 0) is 44.1 Å². The van der Waals surface area contributed by atoms with Crippen molar-refractivity contribution in [3.63, 3.8) is 0 Å². The Morgan fingerprint density at radius 3 is 2.79 bits per heavy atom. The summed E-state index contributed by atoms with van der Waals surface area (Å²) in [6, 6.07) is 0. The van der Waals surface area contributed by atoms with Crippen molar-refractivity contribution in [1.29, 1.82) is 0 Å². The number of nitrogens with one attached hydrogen (secondary N) is 1. The largest absolute Gasteiger partial charge is 0.351 e. The molecule has 1 fully saturated rings. The topological polar surface area (TPSA) is 41.5 Å². The van der Waals surface area contributed by atoms with Crippen LogP contribution >= 0.6 is 11.8 Å². The Hall–Kier alpha value is -1.03. The Balaban J connectivity index is 1.75. The lowest BCUT2D eigenvalue weighted by molar-refractivity contribution is -0.127. The van der Waals surface area contributed by atoms with Crippen LogP contribution in [0.5, 0.6) is 0 Å². The standard InChI is InChI=1S/C20H30N2OS/c1-18(2,3)13-19(4,5)22-17(23)14-12-24-20-10-7-6-8-16(20)21-11-9-15(14)20/h6-8,10,14-15H,9,11-13H2,1-5H3,(H,22,23). The second-order valence-corrected chi connectivity index (χ2v) is 10.5. The van der Waals surface area contributed by atoms with E-state index in [4.69, 9.17) is 4.99 Å². The number of allylic oxidation sites excluding steroid dienone is 3. The summed E-state index contributed by atoms with van der Waals surface area (Å²) < 4.78 is -0.0663. The van der Waals surface area contributed by atoms with Crippen molar-refractivity contribution in [2.24, 2.45) is 22.2 Å². The van der Waals surface area contributed by atoms with Crippen LogP contribution in [0.4, 0.5) is 0 Å². The number of hydrogen-bond acceptors (Lipinski definition) is 3. The van der Waals surface area contributed by atoms with Crippen LogP contribution in [0.3, 0.4) is 0 Å². The Morgan fingerprint density at radius 2 is 2.08 bits per heavy atom. The lowest BCUT2D eigenvalue weighted by Gasteiger charge is -2.39. The fourth-order valence-corrected chi connectivity index (χ4v) is 6.51. The van der Waals surface area contributed by atoms with Crippen molar-refractivity contribution in [3.8, 4) is 0 Å². The molecule has 1 aliphatic carbocycles. The number of aliphatic imine (C=N–C) groups is 1. The highest BCUT2D eigenvalue weighted by Gasteiger charge is 2.54. The van der Waals surface area contributed by atoms with Gasteiger partial charge in [0.2, 0.25) is 5.91 Å². The highest BCUT2D eigenvalue weighted by atomic mass is 32.2. The van der Waals surface area contributed by atoms with Gasteiger partial charge < -0.3 is 5.32 Å². The molecule has 0 aromatic heterocycles. The number of amides is 1. The average Bonchev–Trinajstić information content (AvgIpc) is 2.81. The van der Waals surface area contributed by atoms with E-state index >= 15 is 0 Å². The summed E-state index contributed by atoms with van der Waals surface area (Å²) in [5, 5.41) is 3.35. The molecule has 1 spiro atoms. The maximum atomic E-state index is 13.1. The zero-order valence-corrected chi connectivity index (χ0v) is 16.4. The monoisotopic (exact) mass is 346 g/mol. The molecule has 3 rings (SSSR count). The van der Waals surface area contributed by atoms with Gasteiger partial charge in [-0.1, -0.05) is 39.0 Å². The number of carbonyl (C=O) groups is 1. The molecular weight excluding hydrogens is 316 g/mol. The van der Waals surface area contributed by atoms with Gasteiger partial charge in [-0.2, -0.15) is 0 Å². The van der Waals surface area contributed by atoms with Gasteiger partial charge in [-0.25, -0.2) is 0 Å². The van der Waals surface area contributed by atoms with E-state index < -0.39 is 0 Å². The number of nitrogens with zero attached hydrogens (tertiary/aromatic N) is 1. The quantitative estimate of drug-likeness (QED) is 0.839. The van der Waals surface area contributed by atoms with Gasteiger partial charge in [0.05, 0.1) is 16.4 Å². The minimum absolute atomic E-state index is 0.0663. The molecule has 24 heavy (non-hydrogen) atoms. The van der Waals surface area contributed by atoms with Crippen LogP contribution in [0.2, 0.25) is 0 Å². The van der Waals surface area contributed by atoms with Crippen LogP contribution in [-0.2, 0) is 4.79 Å². The number of carbonyl (C=O) groups excluding carboxylic acids is 1. The summed E-state index contributed by atoms with van der Waals surface area (Å²) in [7, 11) is 0. The predicted molar refractivity (Wildman–Crippen MR) is 104 cm³/mol. The van der Waals surface area contributed by atoms with Gasteiger partial charge in [0.25, 0.3) is 0 Å². The van der Waals surface area contributed by atoms with Gasteiger partial charge >= 0.3 is 0 Å². The van der Waals surface area contributed by atoms with Crippen molar-refractivity contribution in [2.75, 3.05) is 12.3 Å². The molecule has 3 nitrogen and oxygen atoms in total. The third-order valence-electron chi connectivity index (χ3n) is 5.14. The molecule has 2 aliphatic heterocycles. The Bertz CT molecular complexity index is 612. The molecule has 3 unspecified atom stereocenters. The van der Waals surface area contributed by atoms with E-state index in [9.17, 15) is 4.79 Å². The fourth-order valence-electron chi connectivity index (χ4n) is 4.72. The van der Waals surface area contributed by atoms with Gasteiger partial charge in [0, 0.05) is 17.8 Å². The Kier molecular flexibility index (Phi) is 4.48. The van der Waals surface area contributed by atoms with Gasteiger partial charge in [0.1, 0.15) is 0 Å². The predicted octanol–water partition coefficient (Wildman–Crippen LogP) is 4.01. The first-order valence-corrected chi connectivity index (χ1v) is 9.98. The number of rotatable bonds is 3. The third-order valence-corrected chi connectivity index (χ3v) is 6.79. The maximum Gasteiger partial charge on any atom is 0.224 e. The smallest absolute Gasteiger partial charge is 0.224 e. The maximum absolute atomic E-state index is 13.1. The zero-order valence-electron chi connectivity index (χ0n) is 15.6. The molecule has 132 valence electrons. The summed E-state index contributed by atoms with van der Waals surface area (Å²) in [6.45, 7) is 11.8. The summed E-state index contributed by atoms with van der Waals surface area (Å²) >= 11 is 1.90. The van der Waals surface area contributed by atoms with Crippen molar-refractivity contribution >= 4 is 23.4 Å². The molecule has 1 amide bonds. The van der Waals surface area contributed by atoms with Crippen LogP contribution in [0.25, 0.3) is 0 Å². The van der Waals surface area contributed by atoms with E-state index in [0.717, 1.165) is 30.9 Å². The summed E-state index contributed by atoms with van der Waals surface area (Å²) in [6.07, 6.45) is 10.6. The number of thioether (sulfide) groups is 1. The molecule has 1 saturated heterocycles. The first-order valence-electron chi connectivity index (χ1n) is 9.00. The minimum atomic E-state index is -0.177. The van der Waals surface area contributed by atoms with E-state index in [0.29, 0.717) is 5.92 Å². The molecule has 0 aromatic carbocycles. The Labute approximate surface area is 150 Å². The van der Waals surface area contributed by atoms with Crippen LogP contribution < -0.4 is 5.32 Å². The minimum Gasteiger partial charge on any atom is -0.351 e. The molecule has 3 aliphatic rings.